The van der Waals surface area contributed by atoms with Crippen molar-refractivity contribution in [2.45, 2.75) is 38.8 Å². The Morgan fingerprint density at radius 2 is 1.71 bits per heavy atom. The lowest BCUT2D eigenvalue weighted by molar-refractivity contribution is -0.139. The van der Waals surface area contributed by atoms with Crippen LogP contribution in [0.5, 0.6) is 0 Å². The molecule has 0 unspecified atom stereocenters. The lowest BCUT2D eigenvalue weighted by atomic mass is 10.1. The number of nitrogens with two attached hydrogens (primary N) is 1. The van der Waals surface area contributed by atoms with Gasteiger partial charge in [-0.3, -0.25) is 19.3 Å². The number of hydrogen-bond donors (Lipinski definition) is 2. The van der Waals surface area contributed by atoms with E-state index in [-0.39, 0.29) is 24.3 Å². The van der Waals surface area contributed by atoms with Gasteiger partial charge in [-0.1, -0.05) is 12.1 Å². The van der Waals surface area contributed by atoms with Gasteiger partial charge in [0.2, 0.25) is 17.7 Å². The van der Waals surface area contributed by atoms with Crippen LogP contribution in [0.1, 0.15) is 32.3 Å². The van der Waals surface area contributed by atoms with Crippen LogP contribution in [0.3, 0.4) is 0 Å². The third-order valence-corrected chi connectivity index (χ3v) is 3.29. The van der Waals surface area contributed by atoms with Gasteiger partial charge >= 0.3 is 0 Å². The van der Waals surface area contributed by atoms with Gasteiger partial charge < -0.3 is 11.1 Å². The first-order chi connectivity index (χ1) is 9.77. The molecule has 0 spiro atoms. The Balaban J connectivity index is 2.01. The van der Waals surface area contributed by atoms with Crippen LogP contribution < -0.4 is 11.1 Å². The number of nitrogens with zero attached hydrogens (tertiary/aromatic N) is 1. The van der Waals surface area contributed by atoms with Gasteiger partial charge in [0.25, 0.3) is 0 Å². The molecule has 21 heavy (non-hydrogen) atoms. The maximum Gasteiger partial charge on any atom is 0.243 e. The molecule has 1 aliphatic heterocycles. The van der Waals surface area contributed by atoms with E-state index in [2.05, 4.69) is 5.32 Å². The van der Waals surface area contributed by atoms with Crippen LogP contribution in [-0.2, 0) is 20.9 Å². The highest BCUT2D eigenvalue weighted by molar-refractivity contribution is 6.01. The number of amides is 3. The van der Waals surface area contributed by atoms with Crippen molar-refractivity contribution in [3.8, 4) is 0 Å². The molecule has 1 aromatic rings. The Kier molecular flexibility index (Phi) is 4.09. The third-order valence-electron chi connectivity index (χ3n) is 3.29. The molecule has 1 saturated heterocycles. The minimum absolute atomic E-state index is 0.137. The van der Waals surface area contributed by atoms with Crippen LogP contribution in [0.4, 0.5) is 5.69 Å². The van der Waals surface area contributed by atoms with Gasteiger partial charge in [0, 0.05) is 18.5 Å². The number of likely N-dealkylation sites (tertiary alicyclic amines) is 1. The molecule has 0 atom stereocenters. The predicted octanol–water partition coefficient (Wildman–Crippen LogP) is 1.01. The Bertz CT molecular complexity index is 557. The molecular formula is C15H19N3O3. The summed E-state index contributed by atoms with van der Waals surface area (Å²) in [5.41, 5.74) is 6.21. The van der Waals surface area contributed by atoms with Crippen molar-refractivity contribution in [3.05, 3.63) is 29.8 Å². The fourth-order valence-electron chi connectivity index (χ4n) is 1.97. The largest absolute Gasteiger partial charge is 0.325 e. The summed E-state index contributed by atoms with van der Waals surface area (Å²) in [5.74, 6) is -0.551. The van der Waals surface area contributed by atoms with Gasteiger partial charge in [-0.2, -0.15) is 0 Å². The first-order valence-corrected chi connectivity index (χ1v) is 6.80. The van der Waals surface area contributed by atoms with E-state index in [1.54, 1.807) is 38.1 Å². The molecule has 0 aromatic heterocycles. The van der Waals surface area contributed by atoms with Gasteiger partial charge in [0.05, 0.1) is 12.1 Å². The van der Waals surface area contributed by atoms with Crippen LogP contribution in [0, 0.1) is 0 Å². The van der Waals surface area contributed by atoms with Gasteiger partial charge in [-0.15, -0.1) is 0 Å². The Morgan fingerprint density at radius 1 is 1.19 bits per heavy atom. The first kappa shape index (κ1) is 15.2. The summed E-state index contributed by atoms with van der Waals surface area (Å²) < 4.78 is 0. The van der Waals surface area contributed by atoms with E-state index in [1.807, 2.05) is 0 Å². The Hall–Kier alpha value is -2.21. The molecule has 1 heterocycles. The summed E-state index contributed by atoms with van der Waals surface area (Å²) in [6.07, 6.45) is 0.580. The number of carbonyl (C=O) groups is 3. The third kappa shape index (κ3) is 3.66. The van der Waals surface area contributed by atoms with Crippen LogP contribution in [0.15, 0.2) is 24.3 Å². The quantitative estimate of drug-likeness (QED) is 0.809. The molecule has 1 aliphatic rings. The fraction of sp³-hybridized carbons (Fsp3) is 0.400. The van der Waals surface area contributed by atoms with Crippen molar-refractivity contribution in [1.29, 1.82) is 0 Å². The number of anilines is 1. The molecule has 3 N–H and O–H groups in total. The molecule has 6 nitrogen and oxygen atoms in total. The van der Waals surface area contributed by atoms with Crippen LogP contribution >= 0.6 is 0 Å². The molecule has 2 rings (SSSR count). The SMILES string of the molecule is CC(C)(N)C(=O)Nc1ccc(CN2C(=O)CCC2=O)cc1. The molecule has 112 valence electrons. The van der Waals surface area contributed by atoms with Crippen molar-refractivity contribution in [2.75, 3.05) is 5.32 Å². The van der Waals surface area contributed by atoms with Crippen molar-refractivity contribution in [1.82, 2.24) is 4.90 Å². The number of rotatable bonds is 4. The summed E-state index contributed by atoms with van der Waals surface area (Å²) in [7, 11) is 0. The second-order valence-corrected chi connectivity index (χ2v) is 5.75. The summed E-state index contributed by atoms with van der Waals surface area (Å²) in [6.45, 7) is 3.52. The van der Waals surface area contributed by atoms with E-state index >= 15 is 0 Å². The number of hydrogen-bond acceptors (Lipinski definition) is 4. The lowest BCUT2D eigenvalue weighted by Crippen LogP contribution is -2.45. The zero-order valence-corrected chi connectivity index (χ0v) is 12.2. The summed E-state index contributed by atoms with van der Waals surface area (Å²) in [4.78, 5) is 36.1. The summed E-state index contributed by atoms with van der Waals surface area (Å²) in [6, 6.07) is 7.00. The number of benzene rings is 1. The number of carbonyl (C=O) groups excluding carboxylic acids is 3. The molecule has 1 aromatic carbocycles. The minimum atomic E-state index is -0.951. The van der Waals surface area contributed by atoms with Crippen LogP contribution in [0.25, 0.3) is 0 Å². The molecule has 6 heteroatoms. The molecule has 3 amide bonds. The van der Waals surface area contributed by atoms with Crippen molar-refractivity contribution >= 4 is 23.4 Å². The number of imide groups is 1. The first-order valence-electron chi connectivity index (χ1n) is 6.80. The van der Waals surface area contributed by atoms with E-state index in [9.17, 15) is 14.4 Å². The van der Waals surface area contributed by atoms with Crippen molar-refractivity contribution in [3.63, 3.8) is 0 Å². The van der Waals surface area contributed by atoms with E-state index in [0.29, 0.717) is 18.5 Å². The highest BCUT2D eigenvalue weighted by atomic mass is 16.2. The molecule has 0 bridgehead atoms. The lowest BCUT2D eigenvalue weighted by Gasteiger charge is -2.18. The average molecular weight is 289 g/mol. The molecule has 1 fully saturated rings. The Labute approximate surface area is 123 Å². The van der Waals surface area contributed by atoms with Gasteiger partial charge in [-0.25, -0.2) is 0 Å². The van der Waals surface area contributed by atoms with Crippen LogP contribution in [0.2, 0.25) is 0 Å². The van der Waals surface area contributed by atoms with Crippen LogP contribution in [-0.4, -0.2) is 28.2 Å². The summed E-state index contributed by atoms with van der Waals surface area (Å²) in [5, 5.41) is 2.71. The van der Waals surface area contributed by atoms with Crippen molar-refractivity contribution in [2.24, 2.45) is 5.73 Å². The van der Waals surface area contributed by atoms with E-state index in [1.165, 1.54) is 4.90 Å². The number of nitrogens with one attached hydrogen (secondary N) is 1. The monoisotopic (exact) mass is 289 g/mol. The fourth-order valence-corrected chi connectivity index (χ4v) is 1.97. The topological polar surface area (TPSA) is 92.5 Å². The average Bonchev–Trinajstić information content (AvgIpc) is 2.71. The predicted molar refractivity (Wildman–Crippen MR) is 78.1 cm³/mol. The van der Waals surface area contributed by atoms with Crippen molar-refractivity contribution < 1.29 is 14.4 Å². The molecular weight excluding hydrogens is 270 g/mol. The highest BCUT2D eigenvalue weighted by Crippen LogP contribution is 2.17. The van der Waals surface area contributed by atoms with Gasteiger partial charge in [0.1, 0.15) is 0 Å². The second kappa shape index (κ2) is 5.65. The smallest absolute Gasteiger partial charge is 0.243 e. The minimum Gasteiger partial charge on any atom is -0.325 e. The molecule has 0 radical (unpaired) electrons. The van der Waals surface area contributed by atoms with Gasteiger partial charge in [-0.05, 0) is 31.5 Å². The molecule has 0 saturated carbocycles. The maximum atomic E-state index is 11.7. The van der Waals surface area contributed by atoms with Gasteiger partial charge in [0.15, 0.2) is 0 Å². The highest BCUT2D eigenvalue weighted by Gasteiger charge is 2.28. The second-order valence-electron chi connectivity index (χ2n) is 5.75. The van der Waals surface area contributed by atoms with E-state index < -0.39 is 5.54 Å². The zero-order chi connectivity index (χ0) is 15.6. The standard InChI is InChI=1S/C15H19N3O3/c1-15(2,16)14(21)17-11-5-3-10(4-6-11)9-18-12(19)7-8-13(18)20/h3-6H,7-9,16H2,1-2H3,(H,17,21). The normalized spacial score (nSPS) is 15.5. The zero-order valence-electron chi connectivity index (χ0n) is 12.2. The molecule has 0 aliphatic carbocycles. The summed E-state index contributed by atoms with van der Waals surface area (Å²) >= 11 is 0. The van der Waals surface area contributed by atoms with E-state index in [4.69, 9.17) is 5.73 Å². The van der Waals surface area contributed by atoms with E-state index in [0.717, 1.165) is 5.56 Å². The Morgan fingerprint density at radius 3 is 2.19 bits per heavy atom. The maximum absolute atomic E-state index is 11.7.